The lowest BCUT2D eigenvalue weighted by Gasteiger charge is -2.24. The molecule has 1 aliphatic rings. The average molecular weight is 181 g/mol. The van der Waals surface area contributed by atoms with Crippen LogP contribution in [0.5, 0.6) is 0 Å². The second-order valence-corrected chi connectivity index (χ2v) is 3.26. The second kappa shape index (κ2) is 4.05. The first-order chi connectivity index (χ1) is 6.04. The summed E-state index contributed by atoms with van der Waals surface area (Å²) in [4.78, 5) is 12.2. The molecule has 1 rings (SSSR count). The second-order valence-electron chi connectivity index (χ2n) is 3.26. The van der Waals surface area contributed by atoms with Gasteiger partial charge in [0.15, 0.2) is 0 Å². The lowest BCUT2D eigenvalue weighted by molar-refractivity contribution is -0.456. The highest BCUT2D eigenvalue weighted by Gasteiger charge is 2.44. The van der Waals surface area contributed by atoms with Crippen LogP contribution in [-0.2, 0) is 0 Å². The first-order valence-corrected chi connectivity index (χ1v) is 4.10. The fourth-order valence-electron chi connectivity index (χ4n) is 1.22. The summed E-state index contributed by atoms with van der Waals surface area (Å²) in [6.07, 6.45) is 5.05. The van der Waals surface area contributed by atoms with Gasteiger partial charge in [-0.2, -0.15) is 0 Å². The molecule has 4 heteroatoms. The van der Waals surface area contributed by atoms with Crippen LogP contribution >= 0.6 is 0 Å². The van der Waals surface area contributed by atoms with Crippen LogP contribution in [0.1, 0.15) is 6.92 Å². The van der Waals surface area contributed by atoms with Gasteiger partial charge in [-0.1, -0.05) is 0 Å². The van der Waals surface area contributed by atoms with Gasteiger partial charge >= 0.3 is 6.04 Å². The third-order valence-electron chi connectivity index (χ3n) is 2.25. The lowest BCUT2D eigenvalue weighted by atomic mass is 9.95. The molecule has 1 fully saturated rings. The summed E-state index contributed by atoms with van der Waals surface area (Å²) in [5.74, 6) is 0.773. The molecule has 5 radical (unpaired) electrons. The largest absolute Gasteiger partial charge is 0.306 e. The maximum absolute atomic E-state index is 10.6. The highest BCUT2D eigenvalue weighted by atomic mass is 16.6. The van der Waals surface area contributed by atoms with E-state index in [0.29, 0.717) is 0 Å². The Labute approximate surface area is 79.1 Å². The van der Waals surface area contributed by atoms with Crippen molar-refractivity contribution in [2.24, 2.45) is 0 Å². The molecular weight excluding hydrogens is 168 g/mol. The van der Waals surface area contributed by atoms with Gasteiger partial charge in [-0.05, 0) is 33.9 Å². The predicted octanol–water partition coefficient (Wildman–Crippen LogP) is 0.946. The molecule has 0 saturated heterocycles. The van der Waals surface area contributed by atoms with Crippen LogP contribution < -0.4 is 0 Å². The first kappa shape index (κ1) is 10.4. The van der Waals surface area contributed by atoms with Crippen molar-refractivity contribution in [1.82, 2.24) is 4.90 Å². The zero-order valence-electron chi connectivity index (χ0n) is 8.02. The number of nitro groups is 1. The number of hydrogen-bond donors (Lipinski definition) is 0. The topological polar surface area (TPSA) is 46.4 Å². The molecular formula is C9H13N2O2. The Balaban J connectivity index is 2.62. The average Bonchev–Trinajstić information content (AvgIpc) is 2.50. The summed E-state index contributed by atoms with van der Waals surface area (Å²) in [5, 5.41) is 10.6. The third-order valence-corrected chi connectivity index (χ3v) is 2.25. The van der Waals surface area contributed by atoms with Gasteiger partial charge < -0.3 is 4.90 Å². The molecule has 1 atom stereocenters. The maximum Gasteiger partial charge on any atom is 0.303 e. The van der Waals surface area contributed by atoms with E-state index >= 15 is 0 Å². The van der Waals surface area contributed by atoms with Crippen LogP contribution in [0, 0.1) is 41.3 Å². The molecule has 13 heavy (non-hydrogen) atoms. The van der Waals surface area contributed by atoms with Gasteiger partial charge in [-0.25, -0.2) is 0 Å². The van der Waals surface area contributed by atoms with Gasteiger partial charge in [0.2, 0.25) is 0 Å². The molecule has 0 bridgehead atoms. The minimum Gasteiger partial charge on any atom is -0.306 e. The monoisotopic (exact) mass is 181 g/mol. The summed E-state index contributed by atoms with van der Waals surface area (Å²) in [6.45, 7) is 1.95. The van der Waals surface area contributed by atoms with Crippen molar-refractivity contribution in [1.29, 1.82) is 0 Å². The van der Waals surface area contributed by atoms with Crippen molar-refractivity contribution in [2.45, 2.75) is 13.0 Å². The van der Waals surface area contributed by atoms with Crippen LogP contribution in [0.25, 0.3) is 0 Å². The van der Waals surface area contributed by atoms with E-state index in [9.17, 15) is 10.1 Å². The maximum atomic E-state index is 10.6. The summed E-state index contributed by atoms with van der Waals surface area (Å²) in [7, 11) is 3.81. The van der Waals surface area contributed by atoms with E-state index in [1.807, 2.05) is 25.9 Å². The zero-order valence-corrected chi connectivity index (χ0v) is 8.02. The summed E-state index contributed by atoms with van der Waals surface area (Å²) in [6, 6.07) is 0.289. The lowest BCUT2D eigenvalue weighted by Crippen LogP contribution is -2.34. The Morgan fingerprint density at radius 2 is 2.08 bits per heavy atom. The third kappa shape index (κ3) is 2.18. The molecule has 0 N–H and O–H groups in total. The first-order valence-electron chi connectivity index (χ1n) is 4.10. The predicted molar refractivity (Wildman–Crippen MR) is 49.5 cm³/mol. The van der Waals surface area contributed by atoms with Gasteiger partial charge in [0, 0.05) is 11.0 Å². The Morgan fingerprint density at radius 3 is 2.54 bits per heavy atom. The van der Waals surface area contributed by atoms with Crippen molar-refractivity contribution in [3.63, 3.8) is 0 Å². The Morgan fingerprint density at radius 1 is 1.46 bits per heavy atom. The fraction of sp³-hybridized carbons (Fsp3) is 0.444. The summed E-state index contributed by atoms with van der Waals surface area (Å²) >= 11 is 0. The molecule has 1 saturated carbocycles. The van der Waals surface area contributed by atoms with Gasteiger partial charge in [0.25, 0.3) is 0 Å². The van der Waals surface area contributed by atoms with Gasteiger partial charge in [-0.3, -0.25) is 10.1 Å². The molecule has 0 spiro atoms. The Kier molecular flexibility index (Phi) is 3.25. The minimum absolute atomic E-state index is 0.0791. The van der Waals surface area contributed by atoms with Crippen molar-refractivity contribution in [2.75, 3.05) is 14.1 Å². The SMILES string of the molecule is CC([C]1[CH][CH][CH][C]1[N+](=O)[O-])N(C)C. The van der Waals surface area contributed by atoms with E-state index in [0.717, 1.165) is 5.92 Å². The molecule has 4 nitrogen and oxygen atoms in total. The van der Waals surface area contributed by atoms with Crippen LogP contribution in [0.3, 0.4) is 0 Å². The quantitative estimate of drug-likeness (QED) is 0.481. The molecule has 0 aromatic rings. The zero-order chi connectivity index (χ0) is 10.0. The number of hydrogen-bond acceptors (Lipinski definition) is 3. The molecule has 1 unspecified atom stereocenters. The Bertz CT molecular complexity index is 194. The van der Waals surface area contributed by atoms with Crippen LogP contribution in [0.4, 0.5) is 0 Å². The van der Waals surface area contributed by atoms with E-state index in [1.165, 1.54) is 6.42 Å². The van der Waals surface area contributed by atoms with Crippen LogP contribution in [0.2, 0.25) is 0 Å². The highest BCUT2D eigenvalue weighted by molar-refractivity contribution is 5.42. The molecule has 0 aliphatic heterocycles. The van der Waals surface area contributed by atoms with Gasteiger partial charge in [0.05, 0.1) is 12.3 Å². The van der Waals surface area contributed by atoms with E-state index in [1.54, 1.807) is 12.8 Å². The smallest absolute Gasteiger partial charge is 0.303 e. The van der Waals surface area contributed by atoms with Crippen molar-refractivity contribution < 1.29 is 4.92 Å². The van der Waals surface area contributed by atoms with E-state index < -0.39 is 0 Å². The molecule has 0 amide bonds. The van der Waals surface area contributed by atoms with Gasteiger partial charge in [0.1, 0.15) is 0 Å². The van der Waals surface area contributed by atoms with Crippen LogP contribution in [0.15, 0.2) is 0 Å². The molecule has 0 heterocycles. The normalized spacial score (nSPS) is 22.5. The highest BCUT2D eigenvalue weighted by Crippen LogP contribution is 2.36. The van der Waals surface area contributed by atoms with Crippen molar-refractivity contribution in [3.8, 4) is 0 Å². The van der Waals surface area contributed by atoms with E-state index in [4.69, 9.17) is 0 Å². The van der Waals surface area contributed by atoms with Crippen LogP contribution in [-0.4, -0.2) is 30.0 Å². The molecule has 0 aromatic heterocycles. The Hall–Kier alpha value is -0.640. The number of rotatable bonds is 3. The minimum atomic E-state index is -0.338. The fourth-order valence-corrected chi connectivity index (χ4v) is 1.22. The summed E-state index contributed by atoms with van der Waals surface area (Å²) < 4.78 is 0. The molecule has 1 aliphatic carbocycles. The standard InChI is InChI=1S/C9H13N2O2/c1-7(10(2)3)8-5-4-6-9(8)11(12)13/h4-7H,1-3H3. The van der Waals surface area contributed by atoms with Crippen molar-refractivity contribution in [3.05, 3.63) is 41.3 Å². The van der Waals surface area contributed by atoms with Crippen molar-refractivity contribution >= 4 is 0 Å². The number of nitrogens with zero attached hydrogens (tertiary/aromatic N) is 2. The molecule has 71 valence electrons. The van der Waals surface area contributed by atoms with Gasteiger partial charge in [-0.15, -0.1) is 0 Å². The van der Waals surface area contributed by atoms with E-state index in [2.05, 4.69) is 0 Å². The summed E-state index contributed by atoms with van der Waals surface area (Å²) in [5.41, 5.74) is 0. The molecule has 0 aromatic carbocycles. The van der Waals surface area contributed by atoms with E-state index in [-0.39, 0.29) is 17.0 Å².